The molecule has 0 unspecified atom stereocenters. The Bertz CT molecular complexity index is 1250. The van der Waals surface area contributed by atoms with Crippen LogP contribution in [0.5, 0.6) is 0 Å². The number of carbonyl (C=O) groups excluding carboxylic acids is 4. The number of hydrogen-bond acceptors (Lipinski definition) is 5. The van der Waals surface area contributed by atoms with Gasteiger partial charge in [-0.1, -0.05) is 67.6 Å². The maximum absolute atomic E-state index is 13.2. The lowest BCUT2D eigenvalue weighted by Crippen LogP contribution is -2.47. The minimum Gasteiger partial charge on any atom is -0.454 e. The fourth-order valence-electron chi connectivity index (χ4n) is 4.22. The number of esters is 1. The number of amides is 3. The summed E-state index contributed by atoms with van der Waals surface area (Å²) in [4.78, 5) is 52.8. The highest BCUT2D eigenvalue weighted by Gasteiger charge is 2.43. The highest BCUT2D eigenvalue weighted by atomic mass is 16.5. The zero-order valence-electron chi connectivity index (χ0n) is 19.6. The number of imide groups is 1. The fourth-order valence-corrected chi connectivity index (χ4v) is 4.22. The van der Waals surface area contributed by atoms with E-state index in [4.69, 9.17) is 4.74 Å². The molecule has 0 radical (unpaired) electrons. The van der Waals surface area contributed by atoms with Crippen molar-refractivity contribution in [3.05, 3.63) is 101 Å². The van der Waals surface area contributed by atoms with E-state index < -0.39 is 36.3 Å². The van der Waals surface area contributed by atoms with Crippen molar-refractivity contribution in [1.82, 2.24) is 4.90 Å². The van der Waals surface area contributed by atoms with Gasteiger partial charge in [0.2, 0.25) is 0 Å². The SMILES string of the molecule is CCc1cccc(C)c1NC(=O)COC(=O)[C@H](Cc1ccccc1)N1C(=O)c2ccccc2C1=O. The van der Waals surface area contributed by atoms with Crippen LogP contribution in [0.25, 0.3) is 0 Å². The number of ether oxygens (including phenoxy) is 1. The van der Waals surface area contributed by atoms with Crippen molar-refractivity contribution < 1.29 is 23.9 Å². The molecule has 0 fully saturated rings. The van der Waals surface area contributed by atoms with Crippen molar-refractivity contribution >= 4 is 29.4 Å². The van der Waals surface area contributed by atoms with Crippen LogP contribution in [0.15, 0.2) is 72.8 Å². The molecule has 0 spiro atoms. The van der Waals surface area contributed by atoms with E-state index in [-0.39, 0.29) is 17.5 Å². The van der Waals surface area contributed by atoms with Crippen LogP contribution in [0.2, 0.25) is 0 Å². The van der Waals surface area contributed by atoms with Gasteiger partial charge in [-0.2, -0.15) is 0 Å². The molecule has 0 saturated heterocycles. The first-order valence-electron chi connectivity index (χ1n) is 11.5. The summed E-state index contributed by atoms with van der Waals surface area (Å²) in [5, 5.41) is 2.81. The first-order valence-corrected chi connectivity index (χ1v) is 11.5. The Labute approximate surface area is 203 Å². The molecule has 0 saturated carbocycles. The average molecular weight is 471 g/mol. The maximum atomic E-state index is 13.2. The lowest BCUT2D eigenvalue weighted by Gasteiger charge is -2.24. The highest BCUT2D eigenvalue weighted by molar-refractivity contribution is 6.22. The second-order valence-corrected chi connectivity index (χ2v) is 8.35. The normalized spacial score (nSPS) is 13.4. The van der Waals surface area contributed by atoms with Gasteiger partial charge in [0.1, 0.15) is 6.04 Å². The van der Waals surface area contributed by atoms with E-state index in [1.807, 2.05) is 38.1 Å². The van der Waals surface area contributed by atoms with Crippen LogP contribution in [0.4, 0.5) is 5.69 Å². The van der Waals surface area contributed by atoms with E-state index in [1.165, 1.54) is 0 Å². The standard InChI is InChI=1S/C28H26N2O5/c1-3-20-13-9-10-18(2)25(20)29-24(31)17-35-28(34)23(16-19-11-5-4-6-12-19)30-26(32)21-14-7-8-15-22(21)27(30)33/h4-15,23H,3,16-17H2,1-2H3,(H,29,31)/t23-/m0/s1. The lowest BCUT2D eigenvalue weighted by molar-refractivity contribution is -0.151. The average Bonchev–Trinajstić information content (AvgIpc) is 3.12. The zero-order valence-corrected chi connectivity index (χ0v) is 19.6. The lowest BCUT2D eigenvalue weighted by atomic mass is 10.0. The molecule has 1 N–H and O–H groups in total. The fraction of sp³-hybridized carbons (Fsp3) is 0.214. The summed E-state index contributed by atoms with van der Waals surface area (Å²) >= 11 is 0. The predicted octanol–water partition coefficient (Wildman–Crippen LogP) is 3.95. The molecule has 0 bridgehead atoms. The first-order chi connectivity index (χ1) is 16.9. The molecule has 7 heteroatoms. The molecule has 0 aromatic heterocycles. The Hall–Kier alpha value is -4.26. The number of hydrogen-bond donors (Lipinski definition) is 1. The Morgan fingerprint density at radius 1 is 0.886 bits per heavy atom. The van der Waals surface area contributed by atoms with Gasteiger partial charge in [0.15, 0.2) is 6.61 Å². The first kappa shape index (κ1) is 23.9. The molecular formula is C28H26N2O5. The van der Waals surface area contributed by atoms with Gasteiger partial charge in [-0.25, -0.2) is 4.79 Å². The van der Waals surface area contributed by atoms with Crippen LogP contribution in [0.3, 0.4) is 0 Å². The molecule has 35 heavy (non-hydrogen) atoms. The summed E-state index contributed by atoms with van der Waals surface area (Å²) in [6.07, 6.45) is 0.806. The summed E-state index contributed by atoms with van der Waals surface area (Å²) in [6.45, 7) is 3.34. The quantitative estimate of drug-likeness (QED) is 0.398. The van der Waals surface area contributed by atoms with Crippen molar-refractivity contribution in [2.75, 3.05) is 11.9 Å². The third-order valence-electron chi connectivity index (χ3n) is 6.03. The van der Waals surface area contributed by atoms with E-state index in [2.05, 4.69) is 5.32 Å². The maximum Gasteiger partial charge on any atom is 0.330 e. The van der Waals surface area contributed by atoms with Gasteiger partial charge in [0.25, 0.3) is 17.7 Å². The van der Waals surface area contributed by atoms with E-state index >= 15 is 0 Å². The number of rotatable bonds is 8. The molecule has 1 heterocycles. The molecule has 3 amide bonds. The second kappa shape index (κ2) is 10.3. The number of anilines is 1. The van der Waals surface area contributed by atoms with Gasteiger partial charge in [0, 0.05) is 12.1 Å². The zero-order chi connectivity index (χ0) is 24.9. The summed E-state index contributed by atoms with van der Waals surface area (Å²) in [6, 6.07) is 20.0. The Morgan fingerprint density at radius 3 is 2.14 bits per heavy atom. The number of benzene rings is 3. The molecule has 4 rings (SSSR count). The van der Waals surface area contributed by atoms with Crippen molar-refractivity contribution in [1.29, 1.82) is 0 Å². The van der Waals surface area contributed by atoms with Gasteiger partial charge in [-0.15, -0.1) is 0 Å². The molecule has 1 atom stereocenters. The van der Waals surface area contributed by atoms with Crippen LogP contribution in [-0.4, -0.2) is 41.2 Å². The topological polar surface area (TPSA) is 92.8 Å². The van der Waals surface area contributed by atoms with Crippen LogP contribution < -0.4 is 5.32 Å². The second-order valence-electron chi connectivity index (χ2n) is 8.35. The monoisotopic (exact) mass is 470 g/mol. The van der Waals surface area contributed by atoms with E-state index in [1.54, 1.807) is 48.5 Å². The van der Waals surface area contributed by atoms with Crippen LogP contribution in [0.1, 0.15) is 44.3 Å². The summed E-state index contributed by atoms with van der Waals surface area (Å²) in [5.74, 6) is -2.43. The van der Waals surface area contributed by atoms with Gasteiger partial charge in [-0.05, 0) is 42.2 Å². The highest BCUT2D eigenvalue weighted by Crippen LogP contribution is 2.27. The third-order valence-corrected chi connectivity index (χ3v) is 6.03. The van der Waals surface area contributed by atoms with E-state index in [0.717, 1.165) is 28.0 Å². The molecule has 3 aromatic rings. The van der Waals surface area contributed by atoms with Crippen LogP contribution >= 0.6 is 0 Å². The number of para-hydroxylation sites is 1. The van der Waals surface area contributed by atoms with Crippen molar-refractivity contribution in [2.24, 2.45) is 0 Å². The Kier molecular flexibility index (Phi) is 7.06. The minimum atomic E-state index is -1.21. The van der Waals surface area contributed by atoms with Crippen LogP contribution in [-0.2, 0) is 27.2 Å². The van der Waals surface area contributed by atoms with E-state index in [9.17, 15) is 19.2 Å². The van der Waals surface area contributed by atoms with E-state index in [0.29, 0.717) is 5.69 Å². The number of nitrogens with zero attached hydrogens (tertiary/aromatic N) is 1. The third kappa shape index (κ3) is 4.99. The van der Waals surface area contributed by atoms with Gasteiger partial charge in [0.05, 0.1) is 11.1 Å². The summed E-state index contributed by atoms with van der Waals surface area (Å²) in [7, 11) is 0. The van der Waals surface area contributed by atoms with Crippen LogP contribution in [0, 0.1) is 6.92 Å². The van der Waals surface area contributed by atoms with Gasteiger partial charge < -0.3 is 10.1 Å². The summed E-state index contributed by atoms with van der Waals surface area (Å²) in [5.41, 5.74) is 3.80. The minimum absolute atomic E-state index is 0.0739. The molecule has 178 valence electrons. The summed E-state index contributed by atoms with van der Waals surface area (Å²) < 4.78 is 5.33. The molecule has 0 aliphatic carbocycles. The number of fused-ring (bicyclic) bond motifs is 1. The number of nitrogens with one attached hydrogen (secondary N) is 1. The van der Waals surface area contributed by atoms with Crippen molar-refractivity contribution in [3.63, 3.8) is 0 Å². The largest absolute Gasteiger partial charge is 0.454 e. The van der Waals surface area contributed by atoms with Gasteiger partial charge in [-0.3, -0.25) is 19.3 Å². The smallest absolute Gasteiger partial charge is 0.330 e. The number of aryl methyl sites for hydroxylation is 2. The van der Waals surface area contributed by atoms with Gasteiger partial charge >= 0.3 is 5.97 Å². The molecule has 7 nitrogen and oxygen atoms in total. The molecular weight excluding hydrogens is 444 g/mol. The molecule has 1 aliphatic heterocycles. The molecule has 3 aromatic carbocycles. The predicted molar refractivity (Wildman–Crippen MR) is 131 cm³/mol. The van der Waals surface area contributed by atoms with Crippen molar-refractivity contribution in [2.45, 2.75) is 32.7 Å². The van der Waals surface area contributed by atoms with Crippen molar-refractivity contribution in [3.8, 4) is 0 Å². The molecule has 1 aliphatic rings. The Balaban J connectivity index is 1.52. The number of carbonyl (C=O) groups is 4. The Morgan fingerprint density at radius 2 is 1.51 bits per heavy atom.